The van der Waals surface area contributed by atoms with Crippen molar-refractivity contribution in [2.45, 2.75) is 25.3 Å². The number of hydrogen-bond acceptors (Lipinski definition) is 2. The molecule has 1 fully saturated rings. The average Bonchev–Trinajstić information content (AvgIpc) is 1.88. The Kier molecular flexibility index (Phi) is 2.27. The van der Waals surface area contributed by atoms with E-state index in [0.29, 0.717) is 0 Å². The number of hydrogen-bond donors (Lipinski definition) is 1. The second kappa shape index (κ2) is 3.01. The minimum absolute atomic E-state index is 0.00579. The predicted molar refractivity (Wildman–Crippen MR) is 39.5 cm³/mol. The number of primary amides is 1. The van der Waals surface area contributed by atoms with Crippen LogP contribution in [0.15, 0.2) is 0 Å². The molecule has 10 heavy (non-hydrogen) atoms. The molecule has 1 heterocycles. The number of nitrogens with zero attached hydrogens (tertiary/aromatic N) is 1. The third kappa shape index (κ3) is 1.48. The van der Waals surface area contributed by atoms with Gasteiger partial charge < -0.3 is 5.73 Å². The summed E-state index contributed by atoms with van der Waals surface area (Å²) in [6.07, 6.45) is 3.27. The third-order valence-electron chi connectivity index (χ3n) is 2.10. The van der Waals surface area contributed by atoms with Gasteiger partial charge in [0.1, 0.15) is 0 Å². The maximum atomic E-state index is 10.7. The van der Waals surface area contributed by atoms with E-state index in [1.807, 2.05) is 11.9 Å². The maximum Gasteiger partial charge on any atom is 0.234 e. The largest absolute Gasteiger partial charge is 0.368 e. The van der Waals surface area contributed by atoms with E-state index in [2.05, 4.69) is 0 Å². The van der Waals surface area contributed by atoms with Gasteiger partial charge in [-0.05, 0) is 26.4 Å². The van der Waals surface area contributed by atoms with Crippen LogP contribution in [0, 0.1) is 0 Å². The lowest BCUT2D eigenvalue weighted by Gasteiger charge is -2.29. The normalized spacial score (nSPS) is 28.3. The fourth-order valence-corrected chi connectivity index (χ4v) is 1.43. The minimum atomic E-state index is -0.179. The molecule has 0 unspecified atom stereocenters. The van der Waals surface area contributed by atoms with Crippen molar-refractivity contribution in [3.63, 3.8) is 0 Å². The fraction of sp³-hybridized carbons (Fsp3) is 0.857. The van der Waals surface area contributed by atoms with Crippen LogP contribution in [0.5, 0.6) is 0 Å². The zero-order valence-electron chi connectivity index (χ0n) is 6.34. The van der Waals surface area contributed by atoms with Gasteiger partial charge in [0.2, 0.25) is 5.91 Å². The topological polar surface area (TPSA) is 46.3 Å². The van der Waals surface area contributed by atoms with Crippen LogP contribution in [0.4, 0.5) is 0 Å². The number of carbonyl (C=O) groups excluding carboxylic acids is 1. The van der Waals surface area contributed by atoms with Gasteiger partial charge in [-0.15, -0.1) is 0 Å². The number of rotatable bonds is 1. The monoisotopic (exact) mass is 142 g/mol. The molecule has 1 rings (SSSR count). The number of likely N-dealkylation sites (N-methyl/N-ethyl adjacent to an activating group) is 1. The summed E-state index contributed by atoms with van der Waals surface area (Å²) < 4.78 is 0. The van der Waals surface area contributed by atoms with E-state index in [-0.39, 0.29) is 11.9 Å². The van der Waals surface area contributed by atoms with Gasteiger partial charge in [-0.2, -0.15) is 0 Å². The number of nitrogens with two attached hydrogens (primary N) is 1. The molecule has 0 bridgehead atoms. The molecule has 1 aliphatic heterocycles. The number of piperidine rings is 1. The Hall–Kier alpha value is -0.570. The van der Waals surface area contributed by atoms with Crippen LogP contribution in [0.3, 0.4) is 0 Å². The lowest BCUT2D eigenvalue weighted by atomic mass is 10.0. The van der Waals surface area contributed by atoms with Crippen LogP contribution < -0.4 is 5.73 Å². The highest BCUT2D eigenvalue weighted by Gasteiger charge is 2.22. The van der Waals surface area contributed by atoms with E-state index in [4.69, 9.17) is 5.73 Å². The molecule has 0 aromatic carbocycles. The molecule has 3 heteroatoms. The summed E-state index contributed by atoms with van der Waals surface area (Å²) in [5.41, 5.74) is 5.18. The molecule has 2 N–H and O–H groups in total. The Bertz CT molecular complexity index is 136. The highest BCUT2D eigenvalue weighted by atomic mass is 16.1. The molecule has 0 aliphatic carbocycles. The number of amides is 1. The van der Waals surface area contributed by atoms with Crippen molar-refractivity contribution in [3.05, 3.63) is 0 Å². The molecule has 0 radical (unpaired) electrons. The van der Waals surface area contributed by atoms with E-state index in [9.17, 15) is 4.79 Å². The van der Waals surface area contributed by atoms with E-state index >= 15 is 0 Å². The van der Waals surface area contributed by atoms with Crippen molar-refractivity contribution in [1.82, 2.24) is 4.90 Å². The molecule has 1 aliphatic rings. The summed E-state index contributed by atoms with van der Waals surface area (Å²) in [6.45, 7) is 1.01. The van der Waals surface area contributed by atoms with Gasteiger partial charge in [0.25, 0.3) is 0 Å². The first kappa shape index (κ1) is 7.54. The van der Waals surface area contributed by atoms with Crippen molar-refractivity contribution in [2.24, 2.45) is 5.73 Å². The summed E-state index contributed by atoms with van der Waals surface area (Å²) in [6, 6.07) is -0.00579. The Morgan fingerprint density at radius 1 is 1.60 bits per heavy atom. The van der Waals surface area contributed by atoms with E-state index in [1.165, 1.54) is 6.42 Å². The Labute approximate surface area is 61.2 Å². The molecule has 3 nitrogen and oxygen atoms in total. The first-order chi connectivity index (χ1) is 4.72. The Morgan fingerprint density at radius 3 is 2.70 bits per heavy atom. The molecular weight excluding hydrogens is 128 g/mol. The summed E-state index contributed by atoms with van der Waals surface area (Å²) in [4.78, 5) is 12.8. The van der Waals surface area contributed by atoms with E-state index in [1.54, 1.807) is 0 Å². The lowest BCUT2D eigenvalue weighted by molar-refractivity contribution is -0.123. The average molecular weight is 142 g/mol. The van der Waals surface area contributed by atoms with Gasteiger partial charge in [0, 0.05) is 0 Å². The van der Waals surface area contributed by atoms with Crippen molar-refractivity contribution in [1.29, 1.82) is 0 Å². The molecule has 0 saturated carbocycles. The minimum Gasteiger partial charge on any atom is -0.368 e. The second-order valence-electron chi connectivity index (χ2n) is 2.89. The van der Waals surface area contributed by atoms with Gasteiger partial charge in [-0.25, -0.2) is 0 Å². The van der Waals surface area contributed by atoms with Crippen LogP contribution in [0.2, 0.25) is 0 Å². The van der Waals surface area contributed by atoms with Crippen molar-refractivity contribution >= 4 is 5.91 Å². The molecule has 1 saturated heterocycles. The number of carbonyl (C=O) groups is 1. The van der Waals surface area contributed by atoms with Crippen LogP contribution in [0.25, 0.3) is 0 Å². The number of likely N-dealkylation sites (tertiary alicyclic amines) is 1. The lowest BCUT2D eigenvalue weighted by Crippen LogP contribution is -2.45. The maximum absolute atomic E-state index is 10.7. The smallest absolute Gasteiger partial charge is 0.234 e. The predicted octanol–water partition coefficient (Wildman–Crippen LogP) is -0.0440. The molecule has 58 valence electrons. The molecule has 0 aromatic heterocycles. The SMILES string of the molecule is CN1CCCC[C@H]1C(N)=O. The zero-order valence-corrected chi connectivity index (χ0v) is 6.34. The molecular formula is C7H14N2O. The summed E-state index contributed by atoms with van der Waals surface area (Å²) in [5.74, 6) is -0.179. The van der Waals surface area contributed by atoms with Gasteiger partial charge in [0.15, 0.2) is 0 Å². The van der Waals surface area contributed by atoms with Crippen LogP contribution in [0.1, 0.15) is 19.3 Å². The Morgan fingerprint density at radius 2 is 2.30 bits per heavy atom. The van der Waals surface area contributed by atoms with Crippen molar-refractivity contribution in [3.8, 4) is 0 Å². The summed E-state index contributed by atoms with van der Waals surface area (Å²) >= 11 is 0. The second-order valence-corrected chi connectivity index (χ2v) is 2.89. The molecule has 1 amide bonds. The highest BCUT2D eigenvalue weighted by Crippen LogP contribution is 2.13. The van der Waals surface area contributed by atoms with Crippen LogP contribution in [-0.4, -0.2) is 30.4 Å². The summed E-state index contributed by atoms with van der Waals surface area (Å²) in [5, 5.41) is 0. The van der Waals surface area contributed by atoms with Gasteiger partial charge in [-0.1, -0.05) is 6.42 Å². The first-order valence-corrected chi connectivity index (χ1v) is 3.71. The van der Waals surface area contributed by atoms with Crippen molar-refractivity contribution < 1.29 is 4.79 Å². The van der Waals surface area contributed by atoms with Gasteiger partial charge in [0.05, 0.1) is 6.04 Å². The van der Waals surface area contributed by atoms with E-state index < -0.39 is 0 Å². The quantitative estimate of drug-likeness (QED) is 0.558. The summed E-state index contributed by atoms with van der Waals surface area (Å²) in [7, 11) is 1.95. The highest BCUT2D eigenvalue weighted by molar-refractivity contribution is 5.79. The van der Waals surface area contributed by atoms with Crippen LogP contribution >= 0.6 is 0 Å². The van der Waals surface area contributed by atoms with E-state index in [0.717, 1.165) is 19.4 Å². The zero-order chi connectivity index (χ0) is 7.56. The van der Waals surface area contributed by atoms with Crippen LogP contribution in [-0.2, 0) is 4.79 Å². The molecule has 1 atom stereocenters. The third-order valence-corrected chi connectivity index (χ3v) is 2.10. The standard InChI is InChI=1S/C7H14N2O/c1-9-5-3-2-4-6(9)7(8)10/h6H,2-5H2,1H3,(H2,8,10)/t6-/m0/s1. The van der Waals surface area contributed by atoms with Crippen molar-refractivity contribution in [2.75, 3.05) is 13.6 Å². The fourth-order valence-electron chi connectivity index (χ4n) is 1.43. The molecule has 0 aromatic rings. The molecule has 0 spiro atoms. The van der Waals surface area contributed by atoms with Gasteiger partial charge >= 0.3 is 0 Å². The first-order valence-electron chi connectivity index (χ1n) is 3.71. The van der Waals surface area contributed by atoms with Gasteiger partial charge in [-0.3, -0.25) is 9.69 Å². The Balaban J connectivity index is 2.47.